The minimum absolute atomic E-state index is 0.0212. The van der Waals surface area contributed by atoms with Crippen molar-refractivity contribution in [1.29, 1.82) is 0 Å². The minimum atomic E-state index is -0.930. The summed E-state index contributed by atoms with van der Waals surface area (Å²) in [5, 5.41) is 0. The van der Waals surface area contributed by atoms with E-state index in [4.69, 9.17) is 0 Å². The molecule has 0 atom stereocenters. The molecule has 0 saturated carbocycles. The van der Waals surface area contributed by atoms with Crippen molar-refractivity contribution in [3.63, 3.8) is 0 Å². The molecule has 1 aromatic heterocycles. The van der Waals surface area contributed by atoms with Crippen LogP contribution in [0.1, 0.15) is 5.82 Å². The number of hydrogen-bond donors (Lipinski definition) is 0. The maximum atomic E-state index is 13.5. The highest BCUT2D eigenvalue weighted by molar-refractivity contribution is 5.81. The van der Waals surface area contributed by atoms with Gasteiger partial charge >= 0.3 is 0 Å². The maximum absolute atomic E-state index is 13.5. The molecule has 1 saturated heterocycles. The van der Waals surface area contributed by atoms with Gasteiger partial charge in [0.1, 0.15) is 12.4 Å². The fourth-order valence-electron chi connectivity index (χ4n) is 3.08. The Bertz CT molecular complexity index is 750. The van der Waals surface area contributed by atoms with Crippen LogP contribution in [0.4, 0.5) is 8.78 Å². The number of benzene rings is 1. The number of likely N-dealkylation sites (tertiary alicyclic amines) is 1. The summed E-state index contributed by atoms with van der Waals surface area (Å²) in [6.07, 6.45) is 0. The number of fused-ring (bicyclic) bond motifs is 1. The van der Waals surface area contributed by atoms with Crippen LogP contribution in [0.3, 0.4) is 0 Å². The average Bonchev–Trinajstić information content (AvgIpc) is 2.70. The van der Waals surface area contributed by atoms with Crippen molar-refractivity contribution < 1.29 is 13.6 Å². The van der Waals surface area contributed by atoms with Gasteiger partial charge in [-0.1, -0.05) is 0 Å². The number of hydrogen-bond acceptors (Lipinski definition) is 3. The van der Waals surface area contributed by atoms with Crippen molar-refractivity contribution in [3.8, 4) is 0 Å². The van der Waals surface area contributed by atoms with Crippen molar-refractivity contribution in [1.82, 2.24) is 19.4 Å². The van der Waals surface area contributed by atoms with E-state index in [2.05, 4.69) is 9.88 Å². The highest BCUT2D eigenvalue weighted by Crippen LogP contribution is 2.21. The first-order chi connectivity index (χ1) is 10.8. The number of aromatic nitrogens is 2. The molecule has 1 aromatic carbocycles. The number of amides is 1. The zero-order valence-corrected chi connectivity index (χ0v) is 13.5. The Labute approximate surface area is 133 Å². The number of carbonyl (C=O) groups is 1. The van der Waals surface area contributed by atoms with E-state index < -0.39 is 11.6 Å². The molecule has 1 amide bonds. The van der Waals surface area contributed by atoms with E-state index in [9.17, 15) is 13.6 Å². The molecule has 0 bridgehead atoms. The number of imidazole rings is 1. The molecule has 2 heterocycles. The summed E-state index contributed by atoms with van der Waals surface area (Å²) in [5.74, 6) is -0.805. The lowest BCUT2D eigenvalue weighted by molar-refractivity contribution is -0.138. The van der Waals surface area contributed by atoms with Crippen molar-refractivity contribution in [2.75, 3.05) is 33.7 Å². The number of halogens is 2. The SMILES string of the molecule is Cc1nc2cc(F)c(F)cc2n1CC(=O)N1CC(CN(C)C)C1. The molecule has 2 aromatic rings. The van der Waals surface area contributed by atoms with E-state index in [1.165, 1.54) is 0 Å². The Morgan fingerprint density at radius 1 is 1.30 bits per heavy atom. The standard InChI is InChI=1S/C16H20F2N4O/c1-10-19-14-4-12(17)13(18)5-15(14)22(10)9-16(23)21-7-11(8-21)6-20(2)3/h4-5,11H,6-9H2,1-3H3. The number of carbonyl (C=O) groups excluding carboxylic acids is 1. The van der Waals surface area contributed by atoms with Gasteiger partial charge in [-0.3, -0.25) is 4.79 Å². The van der Waals surface area contributed by atoms with Crippen LogP contribution in [-0.4, -0.2) is 59.0 Å². The Hall–Kier alpha value is -2.02. The molecule has 1 fully saturated rings. The summed E-state index contributed by atoms with van der Waals surface area (Å²) in [6.45, 7) is 4.27. The second-order valence-corrected chi connectivity index (χ2v) is 6.43. The summed E-state index contributed by atoms with van der Waals surface area (Å²) in [5.41, 5.74) is 0.809. The van der Waals surface area contributed by atoms with E-state index in [1.54, 1.807) is 16.4 Å². The predicted molar refractivity (Wildman–Crippen MR) is 83.0 cm³/mol. The van der Waals surface area contributed by atoms with Crippen molar-refractivity contribution in [3.05, 3.63) is 29.6 Å². The van der Waals surface area contributed by atoms with Crippen LogP contribution in [-0.2, 0) is 11.3 Å². The van der Waals surface area contributed by atoms with Gasteiger partial charge in [-0.25, -0.2) is 13.8 Å². The van der Waals surface area contributed by atoms with Crippen LogP contribution in [0.25, 0.3) is 11.0 Å². The quantitative estimate of drug-likeness (QED) is 0.859. The average molecular weight is 322 g/mol. The highest BCUT2D eigenvalue weighted by Gasteiger charge is 2.31. The molecule has 7 heteroatoms. The Balaban J connectivity index is 1.73. The molecule has 0 aliphatic carbocycles. The van der Waals surface area contributed by atoms with Crippen LogP contribution in [0.5, 0.6) is 0 Å². The summed E-state index contributed by atoms with van der Waals surface area (Å²) in [6, 6.07) is 2.16. The van der Waals surface area contributed by atoms with E-state index in [1.807, 2.05) is 14.1 Å². The van der Waals surface area contributed by atoms with Gasteiger partial charge < -0.3 is 14.4 Å². The third kappa shape index (κ3) is 3.06. The third-order valence-corrected chi connectivity index (χ3v) is 4.21. The molecule has 1 aliphatic heterocycles. The lowest BCUT2D eigenvalue weighted by atomic mass is 10.00. The Morgan fingerprint density at radius 3 is 2.61 bits per heavy atom. The Kier molecular flexibility index (Phi) is 4.06. The van der Waals surface area contributed by atoms with Gasteiger partial charge in [-0.2, -0.15) is 0 Å². The van der Waals surface area contributed by atoms with Gasteiger partial charge in [0.05, 0.1) is 11.0 Å². The molecule has 23 heavy (non-hydrogen) atoms. The van der Waals surface area contributed by atoms with E-state index in [0.717, 1.165) is 31.8 Å². The van der Waals surface area contributed by atoms with Gasteiger partial charge in [-0.15, -0.1) is 0 Å². The van der Waals surface area contributed by atoms with Gasteiger partial charge in [-0.05, 0) is 21.0 Å². The topological polar surface area (TPSA) is 41.4 Å². The molecule has 5 nitrogen and oxygen atoms in total. The largest absolute Gasteiger partial charge is 0.340 e. The van der Waals surface area contributed by atoms with Gasteiger partial charge in [0.2, 0.25) is 5.91 Å². The Morgan fingerprint density at radius 2 is 1.96 bits per heavy atom. The molecule has 0 N–H and O–H groups in total. The van der Waals surface area contributed by atoms with Gasteiger partial charge in [0.15, 0.2) is 11.6 Å². The minimum Gasteiger partial charge on any atom is -0.340 e. The molecule has 1 aliphatic rings. The second-order valence-electron chi connectivity index (χ2n) is 6.43. The van der Waals surface area contributed by atoms with Crippen LogP contribution < -0.4 is 0 Å². The van der Waals surface area contributed by atoms with Crippen LogP contribution in [0.15, 0.2) is 12.1 Å². The first-order valence-electron chi connectivity index (χ1n) is 7.59. The molecule has 124 valence electrons. The van der Waals surface area contributed by atoms with Crippen LogP contribution >= 0.6 is 0 Å². The third-order valence-electron chi connectivity index (χ3n) is 4.21. The fraction of sp³-hybridized carbons (Fsp3) is 0.500. The van der Waals surface area contributed by atoms with E-state index in [0.29, 0.717) is 22.8 Å². The monoisotopic (exact) mass is 322 g/mol. The number of aryl methyl sites for hydroxylation is 1. The highest BCUT2D eigenvalue weighted by atomic mass is 19.2. The fourth-order valence-corrected chi connectivity index (χ4v) is 3.08. The number of rotatable bonds is 4. The molecule has 0 radical (unpaired) electrons. The predicted octanol–water partition coefficient (Wildman–Crippen LogP) is 1.64. The van der Waals surface area contributed by atoms with Crippen molar-refractivity contribution >= 4 is 16.9 Å². The molecule has 0 unspecified atom stereocenters. The smallest absolute Gasteiger partial charge is 0.242 e. The van der Waals surface area contributed by atoms with Crippen LogP contribution in [0.2, 0.25) is 0 Å². The van der Waals surface area contributed by atoms with Crippen LogP contribution in [0, 0.1) is 24.5 Å². The second kappa shape index (κ2) is 5.88. The van der Waals surface area contributed by atoms with Crippen molar-refractivity contribution in [2.45, 2.75) is 13.5 Å². The summed E-state index contributed by atoms with van der Waals surface area (Å²) < 4.78 is 28.4. The molecule has 3 rings (SSSR count). The first-order valence-corrected chi connectivity index (χ1v) is 7.59. The maximum Gasteiger partial charge on any atom is 0.242 e. The lowest BCUT2D eigenvalue weighted by Gasteiger charge is -2.40. The lowest BCUT2D eigenvalue weighted by Crippen LogP contribution is -2.53. The normalized spacial score (nSPS) is 15.5. The van der Waals surface area contributed by atoms with Crippen molar-refractivity contribution in [2.24, 2.45) is 5.92 Å². The molecular weight excluding hydrogens is 302 g/mol. The van der Waals surface area contributed by atoms with Gasteiger partial charge in [0.25, 0.3) is 0 Å². The zero-order chi connectivity index (χ0) is 16.7. The summed E-state index contributed by atoms with van der Waals surface area (Å²) in [7, 11) is 4.03. The number of nitrogens with zero attached hydrogens (tertiary/aromatic N) is 4. The molecular formula is C16H20F2N4O. The van der Waals surface area contributed by atoms with Gasteiger partial charge in [0, 0.05) is 37.7 Å². The zero-order valence-electron chi connectivity index (χ0n) is 13.5. The summed E-state index contributed by atoms with van der Waals surface area (Å²) >= 11 is 0. The van der Waals surface area contributed by atoms with E-state index >= 15 is 0 Å². The molecule has 0 spiro atoms. The van der Waals surface area contributed by atoms with E-state index in [-0.39, 0.29) is 12.5 Å². The first kappa shape index (κ1) is 15.9. The summed E-state index contributed by atoms with van der Waals surface area (Å²) in [4.78, 5) is 20.5.